The highest BCUT2D eigenvalue weighted by Gasteiger charge is 2.09. The fourth-order valence-corrected chi connectivity index (χ4v) is 2.73. The molecule has 28 heavy (non-hydrogen) atoms. The lowest BCUT2D eigenvalue weighted by Crippen LogP contribution is -2.12. The van der Waals surface area contributed by atoms with Crippen molar-refractivity contribution >= 4 is 46.2 Å². The molecule has 0 aliphatic carbocycles. The Morgan fingerprint density at radius 1 is 0.893 bits per heavy atom. The minimum atomic E-state index is -0.289. The van der Waals surface area contributed by atoms with Gasteiger partial charge < -0.3 is 16.0 Å². The van der Waals surface area contributed by atoms with Crippen LogP contribution in [0.5, 0.6) is 0 Å². The molecule has 0 spiro atoms. The molecule has 0 atom stereocenters. The highest BCUT2D eigenvalue weighted by molar-refractivity contribution is 6.31. The second-order valence-corrected chi connectivity index (χ2v) is 6.67. The summed E-state index contributed by atoms with van der Waals surface area (Å²) in [5.41, 5.74) is 4.04. The van der Waals surface area contributed by atoms with E-state index in [9.17, 15) is 9.59 Å². The molecule has 1 heterocycles. The Bertz CT molecular complexity index is 1040. The summed E-state index contributed by atoms with van der Waals surface area (Å²) in [4.78, 5) is 27.8. The SMILES string of the molecule is CC(=O)Nc1cccc(Nc2cncc(C(=O)Nc3ccc(C)c(Cl)c3)c2)c1. The average Bonchev–Trinajstić information content (AvgIpc) is 2.65. The highest BCUT2D eigenvalue weighted by atomic mass is 35.5. The van der Waals surface area contributed by atoms with Crippen LogP contribution in [0.2, 0.25) is 5.02 Å². The van der Waals surface area contributed by atoms with Gasteiger partial charge in [-0.1, -0.05) is 23.7 Å². The number of halogens is 1. The molecule has 2 aromatic carbocycles. The van der Waals surface area contributed by atoms with Crippen molar-refractivity contribution in [3.63, 3.8) is 0 Å². The molecule has 0 radical (unpaired) electrons. The largest absolute Gasteiger partial charge is 0.354 e. The van der Waals surface area contributed by atoms with Crippen LogP contribution < -0.4 is 16.0 Å². The standard InChI is InChI=1S/C21H19ClN4O2/c1-13-6-7-18(10-20(13)22)26-21(28)15-8-19(12-23-11-15)25-17-5-3-4-16(9-17)24-14(2)27/h3-12,25H,1-2H3,(H,24,27)(H,26,28). The molecule has 0 fully saturated rings. The fraction of sp³-hybridized carbons (Fsp3) is 0.0952. The highest BCUT2D eigenvalue weighted by Crippen LogP contribution is 2.22. The molecule has 6 nitrogen and oxygen atoms in total. The summed E-state index contributed by atoms with van der Waals surface area (Å²) in [7, 11) is 0. The van der Waals surface area contributed by atoms with Gasteiger partial charge in [0.1, 0.15) is 0 Å². The molecule has 3 N–H and O–H groups in total. The minimum Gasteiger partial charge on any atom is -0.354 e. The predicted octanol–water partition coefficient (Wildman–Crippen LogP) is 5.00. The predicted molar refractivity (Wildman–Crippen MR) is 112 cm³/mol. The Balaban J connectivity index is 1.73. The number of pyridine rings is 1. The first-order valence-corrected chi connectivity index (χ1v) is 8.96. The number of carbonyl (C=O) groups excluding carboxylic acids is 2. The lowest BCUT2D eigenvalue weighted by molar-refractivity contribution is -0.114. The number of nitrogens with zero attached hydrogens (tertiary/aromatic N) is 1. The number of nitrogens with one attached hydrogen (secondary N) is 3. The first-order chi connectivity index (χ1) is 13.4. The number of carbonyl (C=O) groups is 2. The van der Waals surface area contributed by atoms with Crippen LogP contribution >= 0.6 is 11.6 Å². The molecule has 0 bridgehead atoms. The van der Waals surface area contributed by atoms with Crippen LogP contribution in [0.3, 0.4) is 0 Å². The molecule has 0 aliphatic rings. The van der Waals surface area contributed by atoms with Gasteiger partial charge >= 0.3 is 0 Å². The van der Waals surface area contributed by atoms with Crippen molar-refractivity contribution in [2.45, 2.75) is 13.8 Å². The first kappa shape index (κ1) is 19.4. The molecule has 0 aliphatic heterocycles. The smallest absolute Gasteiger partial charge is 0.257 e. The zero-order chi connectivity index (χ0) is 20.1. The van der Waals surface area contributed by atoms with E-state index in [1.165, 1.54) is 13.1 Å². The van der Waals surface area contributed by atoms with E-state index >= 15 is 0 Å². The van der Waals surface area contributed by atoms with Gasteiger partial charge in [0.05, 0.1) is 17.4 Å². The first-order valence-electron chi connectivity index (χ1n) is 8.58. The number of rotatable bonds is 5. The molecule has 0 unspecified atom stereocenters. The summed E-state index contributed by atoms with van der Waals surface area (Å²) < 4.78 is 0. The van der Waals surface area contributed by atoms with Gasteiger partial charge in [0.25, 0.3) is 5.91 Å². The van der Waals surface area contributed by atoms with Gasteiger partial charge in [0.2, 0.25) is 5.91 Å². The van der Waals surface area contributed by atoms with E-state index in [4.69, 9.17) is 11.6 Å². The number of anilines is 4. The number of hydrogen-bond acceptors (Lipinski definition) is 4. The summed E-state index contributed by atoms with van der Waals surface area (Å²) in [5, 5.41) is 9.30. The van der Waals surface area contributed by atoms with Gasteiger partial charge in [-0.25, -0.2) is 0 Å². The molecular weight excluding hydrogens is 376 g/mol. The van der Waals surface area contributed by atoms with Crippen molar-refractivity contribution in [2.24, 2.45) is 0 Å². The number of benzene rings is 2. The van der Waals surface area contributed by atoms with Gasteiger partial charge in [0, 0.05) is 35.2 Å². The van der Waals surface area contributed by atoms with E-state index in [0.717, 1.165) is 11.3 Å². The minimum absolute atomic E-state index is 0.145. The number of amides is 2. The summed E-state index contributed by atoms with van der Waals surface area (Å²) in [5.74, 6) is -0.434. The zero-order valence-corrected chi connectivity index (χ0v) is 16.2. The van der Waals surface area contributed by atoms with Crippen LogP contribution in [0.4, 0.5) is 22.7 Å². The van der Waals surface area contributed by atoms with E-state index < -0.39 is 0 Å². The Labute approximate surface area is 168 Å². The van der Waals surface area contributed by atoms with Crippen molar-refractivity contribution in [3.05, 3.63) is 77.1 Å². The second kappa shape index (κ2) is 8.54. The Hall–Kier alpha value is -3.38. The average molecular weight is 395 g/mol. The maximum Gasteiger partial charge on any atom is 0.257 e. The van der Waals surface area contributed by atoms with Crippen molar-refractivity contribution in [2.75, 3.05) is 16.0 Å². The van der Waals surface area contributed by atoms with Crippen LogP contribution in [-0.2, 0) is 4.79 Å². The maximum absolute atomic E-state index is 12.5. The molecule has 3 aromatic rings. The van der Waals surface area contributed by atoms with Crippen molar-refractivity contribution in [3.8, 4) is 0 Å². The summed E-state index contributed by atoms with van der Waals surface area (Å²) in [6, 6.07) is 14.3. The number of hydrogen-bond donors (Lipinski definition) is 3. The fourth-order valence-electron chi connectivity index (χ4n) is 2.55. The van der Waals surface area contributed by atoms with Crippen LogP contribution in [0.15, 0.2) is 60.9 Å². The van der Waals surface area contributed by atoms with Crippen LogP contribution in [0.25, 0.3) is 0 Å². The normalized spacial score (nSPS) is 10.2. The lowest BCUT2D eigenvalue weighted by atomic mass is 10.2. The molecule has 7 heteroatoms. The number of aromatic nitrogens is 1. The van der Waals surface area contributed by atoms with Gasteiger partial charge in [-0.3, -0.25) is 14.6 Å². The van der Waals surface area contributed by atoms with Crippen LogP contribution in [-0.4, -0.2) is 16.8 Å². The van der Waals surface area contributed by atoms with Crippen molar-refractivity contribution < 1.29 is 9.59 Å². The van der Waals surface area contributed by atoms with E-state index in [-0.39, 0.29) is 11.8 Å². The third-order valence-corrected chi connectivity index (χ3v) is 4.31. The monoisotopic (exact) mass is 394 g/mol. The van der Waals surface area contributed by atoms with Gasteiger partial charge in [-0.2, -0.15) is 0 Å². The Kier molecular flexibility index (Phi) is 5.91. The Morgan fingerprint density at radius 3 is 2.39 bits per heavy atom. The molecule has 3 rings (SSSR count). The quantitative estimate of drug-likeness (QED) is 0.568. The summed E-state index contributed by atoms with van der Waals surface area (Å²) in [6.45, 7) is 3.35. The maximum atomic E-state index is 12.5. The van der Waals surface area contributed by atoms with E-state index in [1.54, 1.807) is 36.5 Å². The van der Waals surface area contributed by atoms with Crippen molar-refractivity contribution in [1.29, 1.82) is 0 Å². The van der Waals surface area contributed by atoms with Gasteiger partial charge in [-0.05, 0) is 48.9 Å². The Morgan fingerprint density at radius 2 is 1.64 bits per heavy atom. The summed E-state index contributed by atoms with van der Waals surface area (Å²) in [6.07, 6.45) is 3.11. The van der Waals surface area contributed by atoms with E-state index in [2.05, 4.69) is 20.9 Å². The number of aryl methyl sites for hydroxylation is 1. The second-order valence-electron chi connectivity index (χ2n) is 6.27. The molecule has 0 saturated heterocycles. The third-order valence-electron chi connectivity index (χ3n) is 3.90. The zero-order valence-electron chi connectivity index (χ0n) is 15.4. The van der Waals surface area contributed by atoms with E-state index in [1.807, 2.05) is 25.1 Å². The third kappa shape index (κ3) is 5.08. The van der Waals surface area contributed by atoms with Crippen LogP contribution in [0.1, 0.15) is 22.8 Å². The molecular formula is C21H19ClN4O2. The van der Waals surface area contributed by atoms with E-state index in [0.29, 0.717) is 27.6 Å². The van der Waals surface area contributed by atoms with Crippen LogP contribution in [0, 0.1) is 6.92 Å². The van der Waals surface area contributed by atoms with Gasteiger partial charge in [-0.15, -0.1) is 0 Å². The molecule has 1 aromatic heterocycles. The van der Waals surface area contributed by atoms with Gasteiger partial charge in [0.15, 0.2) is 0 Å². The molecule has 142 valence electrons. The van der Waals surface area contributed by atoms with Crippen molar-refractivity contribution in [1.82, 2.24) is 4.98 Å². The topological polar surface area (TPSA) is 83.1 Å². The lowest BCUT2D eigenvalue weighted by Gasteiger charge is -2.10. The summed E-state index contributed by atoms with van der Waals surface area (Å²) >= 11 is 6.10. The molecule has 2 amide bonds. The molecule has 0 saturated carbocycles.